The molecule has 2 rings (SSSR count). The fourth-order valence-corrected chi connectivity index (χ4v) is 2.21. The van der Waals surface area contributed by atoms with Gasteiger partial charge >= 0.3 is 5.97 Å². The summed E-state index contributed by atoms with van der Waals surface area (Å²) in [5.74, 6) is -1.03. The maximum atomic E-state index is 11.1. The van der Waals surface area contributed by atoms with Crippen LogP contribution in [0, 0.1) is 0 Å². The second-order valence-electron chi connectivity index (χ2n) is 3.86. The number of carbonyl (C=O) groups is 1. The molecule has 0 fully saturated rings. The Bertz CT molecular complexity index is 564. The monoisotopic (exact) mass is 283 g/mol. The first kappa shape index (κ1) is 13.0. The van der Waals surface area contributed by atoms with Crippen LogP contribution < -0.4 is 0 Å². The number of halogens is 2. The van der Waals surface area contributed by atoms with Gasteiger partial charge in [0.1, 0.15) is 10.8 Å². The summed E-state index contributed by atoms with van der Waals surface area (Å²) in [5, 5.41) is 9.60. The minimum absolute atomic E-state index is 0.112. The molecule has 0 unspecified atom stereocenters. The van der Waals surface area contributed by atoms with Crippen molar-refractivity contribution in [3.8, 4) is 0 Å². The number of carboxylic acid groups (broad SMARTS) is 1. The lowest BCUT2D eigenvalue weighted by molar-refractivity contribution is 0.0685. The van der Waals surface area contributed by atoms with Gasteiger partial charge in [-0.25, -0.2) is 4.79 Å². The molecule has 3 nitrogen and oxygen atoms in total. The van der Waals surface area contributed by atoms with E-state index in [0.29, 0.717) is 13.0 Å². The molecule has 0 spiro atoms. The molecule has 2 aromatic rings. The highest BCUT2D eigenvalue weighted by Gasteiger charge is 2.16. The fourth-order valence-electron chi connectivity index (χ4n) is 1.77. The standard InChI is InChI=1S/C13H11Cl2NO2/c14-10-8-11(13(17)18)16(12(10)15)7-6-9-4-2-1-3-5-9/h1-5,8H,6-7H2,(H,17,18). The molecule has 0 saturated carbocycles. The summed E-state index contributed by atoms with van der Waals surface area (Å²) >= 11 is 11.8. The van der Waals surface area contributed by atoms with Gasteiger partial charge in [0.15, 0.2) is 0 Å². The van der Waals surface area contributed by atoms with Crippen molar-refractivity contribution in [2.45, 2.75) is 13.0 Å². The largest absolute Gasteiger partial charge is 0.477 e. The molecule has 1 aromatic carbocycles. The SMILES string of the molecule is O=C(O)c1cc(Cl)c(Cl)n1CCc1ccccc1. The summed E-state index contributed by atoms with van der Waals surface area (Å²) in [4.78, 5) is 11.1. The van der Waals surface area contributed by atoms with E-state index >= 15 is 0 Å². The number of benzene rings is 1. The molecule has 1 N–H and O–H groups in total. The van der Waals surface area contributed by atoms with Gasteiger partial charge in [-0.05, 0) is 18.1 Å². The summed E-state index contributed by atoms with van der Waals surface area (Å²) in [7, 11) is 0. The molecule has 5 heteroatoms. The van der Waals surface area contributed by atoms with E-state index in [-0.39, 0.29) is 15.9 Å². The van der Waals surface area contributed by atoms with Crippen LogP contribution in [0.5, 0.6) is 0 Å². The van der Waals surface area contributed by atoms with Crippen LogP contribution in [-0.4, -0.2) is 15.6 Å². The van der Waals surface area contributed by atoms with Crippen molar-refractivity contribution in [3.05, 3.63) is 57.8 Å². The zero-order valence-corrected chi connectivity index (χ0v) is 10.9. The minimum atomic E-state index is -1.03. The van der Waals surface area contributed by atoms with Crippen molar-refractivity contribution in [2.75, 3.05) is 0 Å². The number of aryl methyl sites for hydroxylation is 1. The topological polar surface area (TPSA) is 42.2 Å². The molecular weight excluding hydrogens is 273 g/mol. The highest BCUT2D eigenvalue weighted by molar-refractivity contribution is 6.41. The van der Waals surface area contributed by atoms with Gasteiger partial charge in [0.25, 0.3) is 0 Å². The number of nitrogens with zero attached hydrogens (tertiary/aromatic N) is 1. The van der Waals surface area contributed by atoms with Crippen LogP contribution in [0.1, 0.15) is 16.1 Å². The van der Waals surface area contributed by atoms with Gasteiger partial charge in [-0.15, -0.1) is 0 Å². The van der Waals surface area contributed by atoms with Crippen molar-refractivity contribution in [2.24, 2.45) is 0 Å². The highest BCUT2D eigenvalue weighted by atomic mass is 35.5. The van der Waals surface area contributed by atoms with Crippen LogP contribution in [0.15, 0.2) is 36.4 Å². The lowest BCUT2D eigenvalue weighted by Gasteiger charge is -2.08. The molecule has 18 heavy (non-hydrogen) atoms. The summed E-state index contributed by atoms with van der Waals surface area (Å²) in [5.41, 5.74) is 1.23. The van der Waals surface area contributed by atoms with Crippen molar-refractivity contribution < 1.29 is 9.90 Å². The Kier molecular flexibility index (Phi) is 3.94. The molecule has 0 atom stereocenters. The molecule has 1 aromatic heterocycles. The van der Waals surface area contributed by atoms with Gasteiger partial charge in [-0.2, -0.15) is 0 Å². The Labute approximate surface area is 115 Å². The van der Waals surface area contributed by atoms with E-state index in [4.69, 9.17) is 28.3 Å². The molecule has 0 amide bonds. The second-order valence-corrected chi connectivity index (χ2v) is 4.63. The number of hydrogen-bond acceptors (Lipinski definition) is 1. The Morgan fingerprint density at radius 3 is 2.50 bits per heavy atom. The van der Waals surface area contributed by atoms with Crippen molar-refractivity contribution >= 4 is 29.2 Å². The van der Waals surface area contributed by atoms with Crippen molar-refractivity contribution in [3.63, 3.8) is 0 Å². The van der Waals surface area contributed by atoms with E-state index in [9.17, 15) is 4.79 Å². The molecule has 0 saturated heterocycles. The molecule has 0 radical (unpaired) electrons. The van der Waals surface area contributed by atoms with Crippen molar-refractivity contribution in [1.29, 1.82) is 0 Å². The lowest BCUT2D eigenvalue weighted by Crippen LogP contribution is -2.10. The Balaban J connectivity index is 2.21. The lowest BCUT2D eigenvalue weighted by atomic mass is 10.1. The van der Waals surface area contributed by atoms with Crippen LogP contribution in [0.3, 0.4) is 0 Å². The van der Waals surface area contributed by atoms with E-state index in [0.717, 1.165) is 5.56 Å². The van der Waals surface area contributed by atoms with E-state index in [1.165, 1.54) is 10.6 Å². The van der Waals surface area contributed by atoms with Gasteiger partial charge in [0.2, 0.25) is 0 Å². The van der Waals surface area contributed by atoms with Crippen LogP contribution in [0.25, 0.3) is 0 Å². The average Bonchev–Trinajstić information content (AvgIpc) is 2.65. The molecule has 0 aliphatic heterocycles. The molecule has 94 valence electrons. The van der Waals surface area contributed by atoms with Crippen LogP contribution in [0.2, 0.25) is 10.2 Å². The van der Waals surface area contributed by atoms with Gasteiger partial charge in [-0.3, -0.25) is 0 Å². The number of aromatic nitrogens is 1. The molecule has 0 bridgehead atoms. The van der Waals surface area contributed by atoms with E-state index in [2.05, 4.69) is 0 Å². The smallest absolute Gasteiger partial charge is 0.352 e. The Morgan fingerprint density at radius 1 is 1.22 bits per heavy atom. The second kappa shape index (κ2) is 5.46. The third kappa shape index (κ3) is 2.68. The van der Waals surface area contributed by atoms with Crippen molar-refractivity contribution in [1.82, 2.24) is 4.57 Å². The van der Waals surface area contributed by atoms with Gasteiger partial charge < -0.3 is 9.67 Å². The summed E-state index contributed by atoms with van der Waals surface area (Å²) in [6.45, 7) is 0.483. The number of aromatic carboxylic acids is 1. The number of hydrogen-bond donors (Lipinski definition) is 1. The van der Waals surface area contributed by atoms with Gasteiger partial charge in [0, 0.05) is 6.54 Å². The molecule has 1 heterocycles. The predicted molar refractivity (Wildman–Crippen MR) is 71.6 cm³/mol. The van der Waals surface area contributed by atoms with E-state index < -0.39 is 5.97 Å². The first-order valence-electron chi connectivity index (χ1n) is 5.41. The minimum Gasteiger partial charge on any atom is -0.477 e. The highest BCUT2D eigenvalue weighted by Crippen LogP contribution is 2.26. The Morgan fingerprint density at radius 2 is 1.89 bits per heavy atom. The molecular formula is C13H11Cl2NO2. The van der Waals surface area contributed by atoms with Crippen LogP contribution in [-0.2, 0) is 13.0 Å². The van der Waals surface area contributed by atoms with E-state index in [1.807, 2.05) is 30.3 Å². The average molecular weight is 284 g/mol. The number of carboxylic acids is 1. The third-order valence-corrected chi connectivity index (χ3v) is 3.47. The summed E-state index contributed by atoms with van der Waals surface area (Å²) < 4.78 is 1.51. The summed E-state index contributed by atoms with van der Waals surface area (Å²) in [6.07, 6.45) is 0.700. The van der Waals surface area contributed by atoms with E-state index in [1.54, 1.807) is 0 Å². The maximum Gasteiger partial charge on any atom is 0.352 e. The quantitative estimate of drug-likeness (QED) is 0.929. The molecule has 0 aliphatic carbocycles. The third-order valence-electron chi connectivity index (χ3n) is 2.67. The molecule has 0 aliphatic rings. The summed E-state index contributed by atoms with van der Waals surface area (Å²) in [6, 6.07) is 11.2. The zero-order chi connectivity index (χ0) is 13.1. The first-order valence-corrected chi connectivity index (χ1v) is 6.17. The normalized spacial score (nSPS) is 10.6. The Hall–Kier alpha value is -1.45. The van der Waals surface area contributed by atoms with Crippen LogP contribution in [0.4, 0.5) is 0 Å². The fraction of sp³-hybridized carbons (Fsp3) is 0.154. The predicted octanol–water partition coefficient (Wildman–Crippen LogP) is 3.74. The van der Waals surface area contributed by atoms with Gasteiger partial charge in [0.05, 0.1) is 5.02 Å². The zero-order valence-electron chi connectivity index (χ0n) is 9.44. The van der Waals surface area contributed by atoms with Gasteiger partial charge in [-0.1, -0.05) is 53.5 Å². The maximum absolute atomic E-state index is 11.1. The first-order chi connectivity index (χ1) is 8.59. The number of rotatable bonds is 4. The van der Waals surface area contributed by atoms with Crippen LogP contribution >= 0.6 is 23.2 Å².